The van der Waals surface area contributed by atoms with Gasteiger partial charge in [-0.05, 0) is 43.2 Å². The third-order valence-electron chi connectivity index (χ3n) is 5.59. The highest BCUT2D eigenvalue weighted by Gasteiger charge is 2.46. The van der Waals surface area contributed by atoms with Crippen molar-refractivity contribution in [1.29, 1.82) is 0 Å². The Morgan fingerprint density at radius 1 is 1.24 bits per heavy atom. The van der Waals surface area contributed by atoms with Gasteiger partial charge in [0.1, 0.15) is 11.9 Å². The third-order valence-corrected chi connectivity index (χ3v) is 5.59. The maximum Gasteiger partial charge on any atom is 0.172 e. The number of aliphatic hydroxyl groups excluding tert-OH is 2. The van der Waals surface area contributed by atoms with Crippen molar-refractivity contribution in [2.45, 2.75) is 43.6 Å². The summed E-state index contributed by atoms with van der Waals surface area (Å²) in [6, 6.07) is 1.97. The van der Waals surface area contributed by atoms with Gasteiger partial charge in [0.2, 0.25) is 0 Å². The molecule has 25 heavy (non-hydrogen) atoms. The fourth-order valence-corrected chi connectivity index (χ4v) is 4.38. The number of methoxy groups -OCH3 is 2. The first-order valence-corrected chi connectivity index (χ1v) is 8.76. The maximum atomic E-state index is 10.7. The van der Waals surface area contributed by atoms with E-state index < -0.39 is 18.3 Å². The lowest BCUT2D eigenvalue weighted by molar-refractivity contribution is -0.0634. The molecule has 4 atom stereocenters. The molecule has 0 aromatic heterocycles. The molecule has 0 unspecified atom stereocenters. The number of hydrogen-bond acceptors (Lipinski definition) is 6. The molecule has 1 aromatic rings. The van der Waals surface area contributed by atoms with Crippen molar-refractivity contribution >= 4 is 5.76 Å². The molecule has 136 valence electrons. The van der Waals surface area contributed by atoms with Crippen LogP contribution in [-0.2, 0) is 11.2 Å². The average Bonchev–Trinajstić information content (AvgIpc) is 2.61. The molecule has 0 fully saturated rings. The quantitative estimate of drug-likeness (QED) is 0.845. The average molecular weight is 347 g/mol. The largest absolute Gasteiger partial charge is 0.493 e. The summed E-state index contributed by atoms with van der Waals surface area (Å²) in [6.07, 6.45) is 1.86. The molecule has 3 aliphatic heterocycles. The van der Waals surface area contributed by atoms with Gasteiger partial charge in [-0.15, -0.1) is 0 Å². The minimum Gasteiger partial charge on any atom is -0.493 e. The third kappa shape index (κ3) is 2.51. The zero-order chi connectivity index (χ0) is 17.7. The van der Waals surface area contributed by atoms with Crippen molar-refractivity contribution in [3.63, 3.8) is 0 Å². The predicted octanol–water partition coefficient (Wildman–Crippen LogP) is 1.49. The van der Waals surface area contributed by atoms with Gasteiger partial charge in [-0.1, -0.05) is 0 Å². The fraction of sp³-hybridized carbons (Fsp3) is 0.579. The van der Waals surface area contributed by atoms with Crippen LogP contribution in [0.4, 0.5) is 0 Å². The Morgan fingerprint density at radius 2 is 2.04 bits per heavy atom. The van der Waals surface area contributed by atoms with Crippen molar-refractivity contribution in [3.8, 4) is 11.5 Å². The summed E-state index contributed by atoms with van der Waals surface area (Å²) in [4.78, 5) is 2.22. The topological polar surface area (TPSA) is 71.4 Å². The van der Waals surface area contributed by atoms with E-state index in [1.165, 1.54) is 5.56 Å². The molecule has 1 aromatic carbocycles. The Bertz CT molecular complexity index is 716. The molecular formula is C19H25NO5. The molecule has 0 amide bonds. The number of ether oxygens (including phenoxy) is 3. The van der Waals surface area contributed by atoms with Gasteiger partial charge in [0, 0.05) is 13.0 Å². The summed E-state index contributed by atoms with van der Waals surface area (Å²) in [5.41, 5.74) is 3.26. The van der Waals surface area contributed by atoms with Gasteiger partial charge in [-0.2, -0.15) is 0 Å². The van der Waals surface area contributed by atoms with Gasteiger partial charge in [-0.25, -0.2) is 0 Å². The van der Waals surface area contributed by atoms with Gasteiger partial charge in [0.05, 0.1) is 38.0 Å². The van der Waals surface area contributed by atoms with E-state index in [1.807, 2.05) is 19.2 Å². The summed E-state index contributed by atoms with van der Waals surface area (Å²) in [7, 11) is 5.31. The Hall–Kier alpha value is -1.76. The van der Waals surface area contributed by atoms with Gasteiger partial charge < -0.3 is 24.4 Å². The summed E-state index contributed by atoms with van der Waals surface area (Å²) in [5.74, 6) is 2.00. The second-order valence-electron chi connectivity index (χ2n) is 7.08. The van der Waals surface area contributed by atoms with Crippen molar-refractivity contribution in [1.82, 2.24) is 4.90 Å². The van der Waals surface area contributed by atoms with Crippen LogP contribution in [0.5, 0.6) is 11.5 Å². The molecule has 0 saturated carbocycles. The van der Waals surface area contributed by atoms with Gasteiger partial charge in [0.25, 0.3) is 0 Å². The van der Waals surface area contributed by atoms with Crippen LogP contribution in [0.1, 0.15) is 35.6 Å². The zero-order valence-electron chi connectivity index (χ0n) is 14.9. The number of fused-ring (bicyclic) bond motifs is 4. The number of likely N-dealkylation sites (N-methyl/N-ethyl adjacent to an activating group) is 1. The number of hydrogen-bond donors (Lipinski definition) is 2. The minimum atomic E-state index is -0.724. The molecule has 0 spiro atoms. The molecule has 2 N–H and O–H groups in total. The lowest BCUT2D eigenvalue weighted by Crippen LogP contribution is -2.49. The standard InChI is InChI=1S/C19H25NO5/c1-20-7-6-10-8-14(23-2)19(24-3)16-13-5-4-11(21)9-12(22)18(25-13)17(20)15(10)16/h5,8,11-12,17-18,21-22H,4,6-7,9H2,1-3H3/t11-,12-,17-,18-/m1/s1. The van der Waals surface area contributed by atoms with Crippen LogP contribution in [0.25, 0.3) is 5.76 Å². The molecule has 3 aliphatic rings. The van der Waals surface area contributed by atoms with Gasteiger partial charge in [-0.3, -0.25) is 4.90 Å². The van der Waals surface area contributed by atoms with Crippen molar-refractivity contribution in [2.24, 2.45) is 0 Å². The second kappa shape index (κ2) is 6.20. The molecule has 2 bridgehead atoms. The predicted molar refractivity (Wildman–Crippen MR) is 92.7 cm³/mol. The van der Waals surface area contributed by atoms with Crippen LogP contribution < -0.4 is 9.47 Å². The molecule has 3 heterocycles. The minimum absolute atomic E-state index is 0.0731. The summed E-state index contributed by atoms with van der Waals surface area (Å²) < 4.78 is 17.5. The Morgan fingerprint density at radius 3 is 2.76 bits per heavy atom. The van der Waals surface area contributed by atoms with Gasteiger partial charge >= 0.3 is 0 Å². The van der Waals surface area contributed by atoms with Crippen LogP contribution in [0.3, 0.4) is 0 Å². The summed E-state index contributed by atoms with van der Waals surface area (Å²) in [6.45, 7) is 0.876. The normalized spacial score (nSPS) is 31.2. The molecule has 4 rings (SSSR count). The number of aliphatic hydroxyl groups is 2. The van der Waals surface area contributed by atoms with E-state index in [0.29, 0.717) is 30.1 Å². The van der Waals surface area contributed by atoms with Crippen LogP contribution in [0, 0.1) is 0 Å². The molecule has 6 nitrogen and oxygen atoms in total. The van der Waals surface area contributed by atoms with Crippen LogP contribution in [-0.4, -0.2) is 61.2 Å². The highest BCUT2D eigenvalue weighted by atomic mass is 16.5. The molecule has 0 radical (unpaired) electrons. The van der Waals surface area contributed by atoms with Crippen molar-refractivity contribution in [3.05, 3.63) is 28.8 Å². The van der Waals surface area contributed by atoms with E-state index in [-0.39, 0.29) is 6.04 Å². The Kier molecular flexibility index (Phi) is 4.14. The number of nitrogens with zero attached hydrogens (tertiary/aromatic N) is 1. The number of benzene rings is 1. The molecule has 0 saturated heterocycles. The zero-order valence-corrected chi connectivity index (χ0v) is 14.9. The smallest absolute Gasteiger partial charge is 0.172 e. The van der Waals surface area contributed by atoms with E-state index >= 15 is 0 Å². The molecule has 6 heteroatoms. The first-order chi connectivity index (χ1) is 12.0. The fourth-order valence-electron chi connectivity index (χ4n) is 4.38. The van der Waals surface area contributed by atoms with E-state index in [0.717, 1.165) is 24.1 Å². The van der Waals surface area contributed by atoms with Crippen molar-refractivity contribution in [2.75, 3.05) is 27.8 Å². The number of rotatable bonds is 2. The summed E-state index contributed by atoms with van der Waals surface area (Å²) >= 11 is 0. The Labute approximate surface area is 147 Å². The van der Waals surface area contributed by atoms with Crippen LogP contribution in [0.15, 0.2) is 12.1 Å². The monoisotopic (exact) mass is 347 g/mol. The van der Waals surface area contributed by atoms with Crippen LogP contribution >= 0.6 is 0 Å². The first-order valence-electron chi connectivity index (χ1n) is 8.76. The lowest BCUT2D eigenvalue weighted by Gasteiger charge is -2.47. The van der Waals surface area contributed by atoms with E-state index in [9.17, 15) is 10.2 Å². The molecule has 0 aliphatic carbocycles. The molecular weight excluding hydrogens is 322 g/mol. The van der Waals surface area contributed by atoms with E-state index in [4.69, 9.17) is 14.2 Å². The van der Waals surface area contributed by atoms with E-state index in [2.05, 4.69) is 4.90 Å². The Balaban J connectivity index is 2.00. The summed E-state index contributed by atoms with van der Waals surface area (Å²) in [5, 5.41) is 20.9. The first kappa shape index (κ1) is 16.7. The van der Waals surface area contributed by atoms with Gasteiger partial charge in [0.15, 0.2) is 11.5 Å². The SMILES string of the molecule is COc1cc2c3c(c1OC)C1=CC[C@@H](O)C[C@@H](O)[C@@H](O1)[C@@H]3N(C)CC2. The second-order valence-corrected chi connectivity index (χ2v) is 7.08. The lowest BCUT2D eigenvalue weighted by atomic mass is 9.79. The van der Waals surface area contributed by atoms with E-state index in [1.54, 1.807) is 14.2 Å². The highest BCUT2D eigenvalue weighted by molar-refractivity contribution is 5.76. The maximum absolute atomic E-state index is 10.7. The highest BCUT2D eigenvalue weighted by Crippen LogP contribution is 2.51. The van der Waals surface area contributed by atoms with Crippen LogP contribution in [0.2, 0.25) is 0 Å². The van der Waals surface area contributed by atoms with Crippen molar-refractivity contribution < 1.29 is 24.4 Å².